The Balaban J connectivity index is 1.63. The number of benzene rings is 4. The van der Waals surface area contributed by atoms with Crippen LogP contribution in [0, 0.1) is 10.1 Å². The number of fused-ring (bicyclic) bond motifs is 1. The summed E-state index contributed by atoms with van der Waals surface area (Å²) in [6.07, 6.45) is -0.0301. The second-order valence-corrected chi connectivity index (χ2v) is 10.2. The van der Waals surface area contributed by atoms with E-state index in [-0.39, 0.29) is 17.0 Å². The number of hydrogen-bond acceptors (Lipinski definition) is 6. The predicted molar refractivity (Wildman–Crippen MR) is 136 cm³/mol. The summed E-state index contributed by atoms with van der Waals surface area (Å²) >= 11 is 0. The van der Waals surface area contributed by atoms with Crippen molar-refractivity contribution in [3.8, 4) is 0 Å². The number of nitro benzene ring substituents is 1. The number of nitrogens with zero attached hydrogens (tertiary/aromatic N) is 1. The number of ketones is 1. The van der Waals surface area contributed by atoms with E-state index >= 15 is 0 Å². The molecule has 1 N–H and O–H groups in total. The third-order valence-electron chi connectivity index (χ3n) is 5.75. The molecule has 4 aromatic carbocycles. The van der Waals surface area contributed by atoms with E-state index < -0.39 is 38.2 Å². The molecule has 0 aliphatic rings. The van der Waals surface area contributed by atoms with E-state index in [0.717, 1.165) is 5.39 Å². The molecule has 4 rings (SSSR count). The summed E-state index contributed by atoms with van der Waals surface area (Å²) in [4.78, 5) is 36.9. The number of nitro groups is 1. The molecule has 0 aliphatic carbocycles. The Morgan fingerprint density at radius 3 is 2.17 bits per heavy atom. The van der Waals surface area contributed by atoms with Gasteiger partial charge in [0.2, 0.25) is 0 Å². The Kier molecular flexibility index (Phi) is 7.21. The first-order chi connectivity index (χ1) is 17.2. The Labute approximate surface area is 207 Å². The van der Waals surface area contributed by atoms with E-state index in [0.29, 0.717) is 16.5 Å². The Morgan fingerprint density at radius 1 is 0.833 bits per heavy atom. The minimum absolute atomic E-state index is 0.00724. The quantitative estimate of drug-likeness (QED) is 0.271. The van der Waals surface area contributed by atoms with Crippen molar-refractivity contribution >= 4 is 38.0 Å². The molecule has 0 aliphatic heterocycles. The lowest BCUT2D eigenvalue weighted by atomic mass is 10.0. The highest BCUT2D eigenvalue weighted by atomic mass is 32.2. The molecule has 0 bridgehead atoms. The van der Waals surface area contributed by atoms with Crippen molar-refractivity contribution in [3.05, 3.63) is 118 Å². The Hall–Kier alpha value is -4.37. The molecule has 0 spiro atoms. The van der Waals surface area contributed by atoms with Crippen LogP contribution >= 0.6 is 0 Å². The zero-order valence-electron chi connectivity index (χ0n) is 19.0. The number of rotatable bonds is 9. The van der Waals surface area contributed by atoms with E-state index in [4.69, 9.17) is 0 Å². The molecule has 8 nitrogen and oxygen atoms in total. The largest absolute Gasteiger partial charge is 0.342 e. The lowest BCUT2D eigenvalue weighted by molar-refractivity contribution is -0.384. The molecule has 0 heterocycles. The highest BCUT2D eigenvalue weighted by Crippen LogP contribution is 2.20. The fourth-order valence-electron chi connectivity index (χ4n) is 3.89. The monoisotopic (exact) mass is 502 g/mol. The van der Waals surface area contributed by atoms with Gasteiger partial charge in [-0.25, -0.2) is 8.42 Å². The van der Waals surface area contributed by atoms with Gasteiger partial charge in [-0.1, -0.05) is 66.7 Å². The molecule has 4 aromatic rings. The van der Waals surface area contributed by atoms with Gasteiger partial charge in [0.05, 0.1) is 15.9 Å². The van der Waals surface area contributed by atoms with Gasteiger partial charge in [-0.2, -0.15) is 0 Å². The van der Waals surface area contributed by atoms with Gasteiger partial charge in [-0.15, -0.1) is 0 Å². The van der Waals surface area contributed by atoms with Crippen LogP contribution in [0.5, 0.6) is 0 Å². The first-order valence-corrected chi connectivity index (χ1v) is 12.7. The fraction of sp³-hybridized carbons (Fsp3) is 0.111. The first-order valence-electron chi connectivity index (χ1n) is 11.1. The molecular weight excluding hydrogens is 480 g/mol. The highest BCUT2D eigenvalue weighted by Gasteiger charge is 2.28. The summed E-state index contributed by atoms with van der Waals surface area (Å²) in [6.45, 7) is 0. The van der Waals surface area contributed by atoms with Gasteiger partial charge in [-0.05, 0) is 41.0 Å². The van der Waals surface area contributed by atoms with Gasteiger partial charge >= 0.3 is 0 Å². The highest BCUT2D eigenvalue weighted by molar-refractivity contribution is 7.92. The summed E-state index contributed by atoms with van der Waals surface area (Å²) in [7, 11) is -3.94. The zero-order chi connectivity index (χ0) is 25.7. The minimum Gasteiger partial charge on any atom is -0.342 e. The van der Waals surface area contributed by atoms with E-state index in [1.807, 2.05) is 18.2 Å². The predicted octanol–water partition coefficient (Wildman–Crippen LogP) is 4.13. The van der Waals surface area contributed by atoms with Crippen molar-refractivity contribution in [3.63, 3.8) is 0 Å². The van der Waals surface area contributed by atoms with Crippen LogP contribution in [0.1, 0.15) is 15.9 Å². The van der Waals surface area contributed by atoms with Crippen LogP contribution in [0.4, 0.5) is 5.69 Å². The van der Waals surface area contributed by atoms with Gasteiger partial charge in [0.15, 0.2) is 15.6 Å². The minimum atomic E-state index is -3.94. The number of carbonyl (C=O) groups excluding carboxylic acids is 2. The second kappa shape index (κ2) is 10.5. The molecule has 1 amide bonds. The SMILES string of the molecule is O=C(N[C@H](Cc1ccc([N+](=O)[O-])cc1)C(=O)CS(=O)(=O)c1ccccc1)c1cccc2ccccc12. The van der Waals surface area contributed by atoms with Gasteiger partial charge in [-0.3, -0.25) is 19.7 Å². The molecular formula is C27H22N2O6S. The van der Waals surface area contributed by atoms with Crippen molar-refractivity contribution < 1.29 is 22.9 Å². The smallest absolute Gasteiger partial charge is 0.269 e. The lowest BCUT2D eigenvalue weighted by Gasteiger charge is -2.19. The summed E-state index contributed by atoms with van der Waals surface area (Å²) in [5.41, 5.74) is 0.767. The van der Waals surface area contributed by atoms with Gasteiger partial charge in [0.1, 0.15) is 5.75 Å². The maximum Gasteiger partial charge on any atom is 0.269 e. The molecule has 36 heavy (non-hydrogen) atoms. The topological polar surface area (TPSA) is 123 Å². The fourth-order valence-corrected chi connectivity index (χ4v) is 5.21. The molecule has 0 aromatic heterocycles. The van der Waals surface area contributed by atoms with Crippen LogP contribution < -0.4 is 5.32 Å². The number of non-ortho nitro benzene ring substituents is 1. The van der Waals surface area contributed by atoms with Crippen molar-refractivity contribution in [2.45, 2.75) is 17.4 Å². The number of sulfone groups is 1. The third kappa shape index (κ3) is 5.64. The number of carbonyl (C=O) groups is 2. The van der Waals surface area contributed by atoms with E-state index in [2.05, 4.69) is 5.32 Å². The van der Waals surface area contributed by atoms with E-state index in [1.54, 1.807) is 42.5 Å². The Morgan fingerprint density at radius 2 is 1.47 bits per heavy atom. The summed E-state index contributed by atoms with van der Waals surface area (Å²) in [5, 5.41) is 15.2. The average molecular weight is 503 g/mol. The van der Waals surface area contributed by atoms with Crippen LogP contribution in [0.3, 0.4) is 0 Å². The summed E-state index contributed by atoms with van der Waals surface area (Å²) in [5.74, 6) is -2.01. The van der Waals surface area contributed by atoms with Crippen LogP contribution in [0.15, 0.2) is 102 Å². The van der Waals surface area contributed by atoms with Crippen LogP contribution in [-0.2, 0) is 21.1 Å². The Bertz CT molecular complexity index is 1530. The standard InChI is InChI=1S/C27H22N2O6S/c30-26(18-36(34,35)22-9-2-1-3-10-22)25(17-19-13-15-21(16-14-19)29(32)33)28-27(31)24-12-6-8-20-7-4-5-11-23(20)24/h1-16,25H,17-18H2,(H,28,31)/t25-/m1/s1. The molecule has 0 radical (unpaired) electrons. The van der Waals surface area contributed by atoms with E-state index in [1.165, 1.54) is 36.4 Å². The van der Waals surface area contributed by atoms with Crippen molar-refractivity contribution in [2.24, 2.45) is 0 Å². The van der Waals surface area contributed by atoms with Crippen LogP contribution in [-0.4, -0.2) is 36.8 Å². The van der Waals surface area contributed by atoms with Crippen molar-refractivity contribution in [1.29, 1.82) is 0 Å². The lowest BCUT2D eigenvalue weighted by Crippen LogP contribution is -2.44. The second-order valence-electron chi connectivity index (χ2n) is 8.22. The molecule has 0 saturated heterocycles. The summed E-state index contributed by atoms with van der Waals surface area (Å²) < 4.78 is 25.7. The number of Topliss-reactive ketones (excluding diaryl/α,β-unsaturated/α-hetero) is 1. The van der Waals surface area contributed by atoms with Gasteiger partial charge < -0.3 is 5.32 Å². The molecule has 0 unspecified atom stereocenters. The average Bonchev–Trinajstić information content (AvgIpc) is 2.88. The number of hydrogen-bond donors (Lipinski definition) is 1. The number of amides is 1. The van der Waals surface area contributed by atoms with Crippen molar-refractivity contribution in [1.82, 2.24) is 5.32 Å². The molecule has 0 fully saturated rings. The summed E-state index contributed by atoms with van der Waals surface area (Å²) in [6, 6.07) is 24.5. The number of nitrogens with one attached hydrogen (secondary N) is 1. The zero-order valence-corrected chi connectivity index (χ0v) is 19.9. The molecule has 1 atom stereocenters. The molecule has 182 valence electrons. The normalized spacial score (nSPS) is 12.1. The first kappa shape index (κ1) is 24.7. The van der Waals surface area contributed by atoms with E-state index in [9.17, 15) is 28.1 Å². The molecule has 0 saturated carbocycles. The third-order valence-corrected chi connectivity index (χ3v) is 7.40. The van der Waals surface area contributed by atoms with Crippen LogP contribution in [0.2, 0.25) is 0 Å². The van der Waals surface area contributed by atoms with Gasteiger partial charge in [0, 0.05) is 17.7 Å². The van der Waals surface area contributed by atoms with Gasteiger partial charge in [0.25, 0.3) is 11.6 Å². The van der Waals surface area contributed by atoms with Crippen LogP contribution in [0.25, 0.3) is 10.8 Å². The maximum absolute atomic E-state index is 13.2. The molecule has 9 heteroatoms. The maximum atomic E-state index is 13.2. The van der Waals surface area contributed by atoms with Crippen molar-refractivity contribution in [2.75, 3.05) is 5.75 Å².